The SMILES string of the molecule is COc1ccccc1NC(=O)c1ccc(NCCN2C(=O)[C@@H]3CC[C@H](C)C[C@H]3C2=O)c([N+](=O)[O-])c1. The van der Waals surface area contributed by atoms with Gasteiger partial charge in [0.2, 0.25) is 11.8 Å². The van der Waals surface area contributed by atoms with Crippen LogP contribution in [0.4, 0.5) is 17.1 Å². The highest BCUT2D eigenvalue weighted by molar-refractivity contribution is 6.06. The molecular weight excluding hydrogens is 452 g/mol. The lowest BCUT2D eigenvalue weighted by molar-refractivity contribution is -0.384. The van der Waals surface area contributed by atoms with Crippen molar-refractivity contribution in [2.24, 2.45) is 17.8 Å². The van der Waals surface area contributed by atoms with Gasteiger partial charge >= 0.3 is 0 Å². The van der Waals surface area contributed by atoms with E-state index in [1.807, 2.05) is 0 Å². The molecule has 2 aliphatic rings. The minimum Gasteiger partial charge on any atom is -0.495 e. The Kier molecular flexibility index (Phi) is 6.99. The molecule has 3 atom stereocenters. The summed E-state index contributed by atoms with van der Waals surface area (Å²) in [5.41, 5.74) is 0.476. The fraction of sp³-hybridized carbons (Fsp3) is 0.400. The van der Waals surface area contributed by atoms with Crippen LogP contribution >= 0.6 is 0 Å². The molecule has 10 heteroatoms. The zero-order valence-corrected chi connectivity index (χ0v) is 19.7. The molecule has 0 aromatic heterocycles. The summed E-state index contributed by atoms with van der Waals surface area (Å²) < 4.78 is 5.22. The van der Waals surface area contributed by atoms with E-state index in [1.165, 1.54) is 30.2 Å². The zero-order chi connectivity index (χ0) is 25.1. The van der Waals surface area contributed by atoms with Crippen molar-refractivity contribution in [2.75, 3.05) is 30.8 Å². The first kappa shape index (κ1) is 24.2. The molecule has 0 spiro atoms. The smallest absolute Gasteiger partial charge is 0.293 e. The Morgan fingerprint density at radius 2 is 1.86 bits per heavy atom. The van der Waals surface area contributed by atoms with Gasteiger partial charge in [-0.2, -0.15) is 0 Å². The standard InChI is InChI=1S/C25H28N4O6/c1-15-7-9-17-18(13-15)25(32)28(24(17)31)12-11-26-19-10-8-16(14-21(19)29(33)34)23(30)27-20-5-3-4-6-22(20)35-2/h3-6,8,10,14-15,17-18,26H,7,9,11-13H2,1-2H3,(H,27,30)/t15-,17+,18+/m0/s1. The van der Waals surface area contributed by atoms with Crippen LogP contribution in [0.5, 0.6) is 5.75 Å². The molecule has 2 aromatic carbocycles. The van der Waals surface area contributed by atoms with Crippen molar-refractivity contribution in [3.8, 4) is 5.75 Å². The second kappa shape index (κ2) is 10.1. The lowest BCUT2D eigenvalue weighted by Gasteiger charge is -2.25. The van der Waals surface area contributed by atoms with Crippen LogP contribution in [0.2, 0.25) is 0 Å². The first-order chi connectivity index (χ1) is 16.8. The minimum atomic E-state index is -0.579. The van der Waals surface area contributed by atoms with Crippen LogP contribution in [-0.4, -0.2) is 47.7 Å². The minimum absolute atomic E-state index is 0.108. The highest BCUT2D eigenvalue weighted by atomic mass is 16.6. The summed E-state index contributed by atoms with van der Waals surface area (Å²) in [5, 5.41) is 17.3. The van der Waals surface area contributed by atoms with E-state index in [0.29, 0.717) is 17.4 Å². The van der Waals surface area contributed by atoms with Gasteiger partial charge in [-0.3, -0.25) is 29.4 Å². The number of nitro groups is 1. The first-order valence-corrected chi connectivity index (χ1v) is 11.6. The largest absolute Gasteiger partial charge is 0.495 e. The Bertz CT molecular complexity index is 1170. The number of hydrogen-bond donors (Lipinski definition) is 2. The Labute approximate surface area is 202 Å². The number of rotatable bonds is 8. The Balaban J connectivity index is 1.42. The van der Waals surface area contributed by atoms with Crippen molar-refractivity contribution in [1.29, 1.82) is 0 Å². The van der Waals surface area contributed by atoms with Crippen molar-refractivity contribution >= 4 is 34.8 Å². The molecular formula is C25H28N4O6. The number of imide groups is 1. The van der Waals surface area contributed by atoms with Crippen LogP contribution in [0, 0.1) is 27.9 Å². The number of ether oxygens (including phenoxy) is 1. The predicted molar refractivity (Wildman–Crippen MR) is 129 cm³/mol. The van der Waals surface area contributed by atoms with Gasteiger partial charge in [0.25, 0.3) is 11.6 Å². The third kappa shape index (κ3) is 4.96. The van der Waals surface area contributed by atoms with Crippen molar-refractivity contribution in [3.63, 3.8) is 0 Å². The summed E-state index contributed by atoms with van der Waals surface area (Å²) in [6.07, 6.45) is 2.39. The van der Waals surface area contributed by atoms with Gasteiger partial charge in [0.05, 0.1) is 29.6 Å². The molecule has 0 radical (unpaired) electrons. The number of likely N-dealkylation sites (tertiary alicyclic amines) is 1. The normalized spacial score (nSPS) is 21.4. The number of carbonyl (C=O) groups excluding carboxylic acids is 3. The van der Waals surface area contributed by atoms with E-state index in [-0.39, 0.29) is 53.7 Å². The lowest BCUT2D eigenvalue weighted by Crippen LogP contribution is -2.35. The van der Waals surface area contributed by atoms with Crippen molar-refractivity contribution in [2.45, 2.75) is 26.2 Å². The number of amides is 3. The number of nitrogens with zero attached hydrogens (tertiary/aromatic N) is 2. The molecule has 2 aromatic rings. The van der Waals surface area contributed by atoms with Gasteiger partial charge in [0.1, 0.15) is 11.4 Å². The number of carbonyl (C=O) groups is 3. The van der Waals surface area contributed by atoms with Gasteiger partial charge < -0.3 is 15.4 Å². The van der Waals surface area contributed by atoms with Crippen LogP contribution in [-0.2, 0) is 9.59 Å². The van der Waals surface area contributed by atoms with E-state index in [4.69, 9.17) is 4.74 Å². The molecule has 3 amide bonds. The predicted octanol–water partition coefficient (Wildman–Crippen LogP) is 3.69. The third-order valence-corrected chi connectivity index (χ3v) is 6.74. The Hall–Kier alpha value is -3.95. The summed E-state index contributed by atoms with van der Waals surface area (Å²) in [5.74, 6) is -0.413. The first-order valence-electron chi connectivity index (χ1n) is 11.6. The number of nitrogens with one attached hydrogen (secondary N) is 2. The second-order valence-corrected chi connectivity index (χ2v) is 9.03. The fourth-order valence-corrected chi connectivity index (χ4v) is 4.90. The van der Waals surface area contributed by atoms with Crippen LogP contribution < -0.4 is 15.4 Å². The highest BCUT2D eigenvalue weighted by Gasteiger charge is 2.49. The summed E-state index contributed by atoms with van der Waals surface area (Å²) in [6, 6.07) is 11.0. The molecule has 1 heterocycles. The topological polar surface area (TPSA) is 131 Å². The number of nitro benzene ring substituents is 1. The van der Waals surface area contributed by atoms with E-state index in [1.54, 1.807) is 24.3 Å². The lowest BCUT2D eigenvalue weighted by atomic mass is 9.76. The molecule has 10 nitrogen and oxygen atoms in total. The number of hydrogen-bond acceptors (Lipinski definition) is 7. The van der Waals surface area contributed by atoms with Gasteiger partial charge in [-0.15, -0.1) is 0 Å². The molecule has 2 fully saturated rings. The van der Waals surface area contributed by atoms with Gasteiger partial charge in [-0.25, -0.2) is 0 Å². The summed E-state index contributed by atoms with van der Waals surface area (Å²) >= 11 is 0. The van der Waals surface area contributed by atoms with E-state index >= 15 is 0 Å². The molecule has 35 heavy (non-hydrogen) atoms. The Morgan fingerprint density at radius 3 is 2.60 bits per heavy atom. The summed E-state index contributed by atoms with van der Waals surface area (Å²) in [7, 11) is 1.48. The fourth-order valence-electron chi connectivity index (χ4n) is 4.90. The number of methoxy groups -OCH3 is 1. The van der Waals surface area contributed by atoms with E-state index in [0.717, 1.165) is 19.3 Å². The van der Waals surface area contributed by atoms with E-state index in [2.05, 4.69) is 17.6 Å². The average Bonchev–Trinajstić information content (AvgIpc) is 3.08. The molecule has 2 N–H and O–H groups in total. The maximum absolute atomic E-state index is 12.7. The third-order valence-electron chi connectivity index (χ3n) is 6.74. The molecule has 1 aliphatic carbocycles. The number of anilines is 2. The number of benzene rings is 2. The van der Waals surface area contributed by atoms with E-state index in [9.17, 15) is 24.5 Å². The summed E-state index contributed by atoms with van der Waals surface area (Å²) in [4.78, 5) is 50.5. The second-order valence-electron chi connectivity index (χ2n) is 9.03. The average molecular weight is 481 g/mol. The van der Waals surface area contributed by atoms with Gasteiger partial charge in [-0.05, 0) is 49.4 Å². The molecule has 1 saturated carbocycles. The zero-order valence-electron chi connectivity index (χ0n) is 19.7. The van der Waals surface area contributed by atoms with Gasteiger partial charge in [-0.1, -0.05) is 19.1 Å². The Morgan fingerprint density at radius 1 is 1.11 bits per heavy atom. The van der Waals surface area contributed by atoms with Gasteiger partial charge in [0, 0.05) is 24.7 Å². The van der Waals surface area contributed by atoms with Gasteiger partial charge in [0.15, 0.2) is 0 Å². The molecule has 184 valence electrons. The van der Waals surface area contributed by atoms with Crippen LogP contribution in [0.3, 0.4) is 0 Å². The quantitative estimate of drug-likeness (QED) is 0.335. The summed E-state index contributed by atoms with van der Waals surface area (Å²) in [6.45, 7) is 2.39. The maximum atomic E-state index is 12.7. The molecule has 0 bridgehead atoms. The molecule has 0 unspecified atom stereocenters. The van der Waals surface area contributed by atoms with Crippen molar-refractivity contribution < 1.29 is 24.0 Å². The molecule has 4 rings (SSSR count). The number of para-hydroxylation sites is 2. The van der Waals surface area contributed by atoms with E-state index < -0.39 is 10.8 Å². The number of fused-ring (bicyclic) bond motifs is 1. The molecule has 1 saturated heterocycles. The highest BCUT2D eigenvalue weighted by Crippen LogP contribution is 2.40. The van der Waals surface area contributed by atoms with Crippen LogP contribution in [0.1, 0.15) is 36.5 Å². The monoisotopic (exact) mass is 480 g/mol. The maximum Gasteiger partial charge on any atom is 0.293 e. The van der Waals surface area contributed by atoms with Crippen molar-refractivity contribution in [1.82, 2.24) is 4.90 Å². The molecule has 1 aliphatic heterocycles. The van der Waals surface area contributed by atoms with Crippen LogP contribution in [0.25, 0.3) is 0 Å². The van der Waals surface area contributed by atoms with Crippen LogP contribution in [0.15, 0.2) is 42.5 Å². The van der Waals surface area contributed by atoms with Crippen molar-refractivity contribution in [3.05, 3.63) is 58.1 Å².